The van der Waals surface area contributed by atoms with Crippen molar-refractivity contribution in [2.24, 2.45) is 18.9 Å². The minimum absolute atomic E-state index is 0.102. The van der Waals surface area contributed by atoms with Crippen molar-refractivity contribution < 1.29 is 32.8 Å². The van der Waals surface area contributed by atoms with Gasteiger partial charge in [0, 0.05) is 30.8 Å². The van der Waals surface area contributed by atoms with Crippen molar-refractivity contribution in [1.82, 2.24) is 13.8 Å². The van der Waals surface area contributed by atoms with Crippen LogP contribution in [0.5, 0.6) is 0 Å². The highest BCUT2D eigenvalue weighted by molar-refractivity contribution is 7.89. The Bertz CT molecular complexity index is 1670. The fourth-order valence-electron chi connectivity index (χ4n) is 6.55. The zero-order valence-electron chi connectivity index (χ0n) is 22.0. The third-order valence-corrected chi connectivity index (χ3v) is 10.3. The fraction of sp³-hybridized carbons (Fsp3) is 0.393. The Morgan fingerprint density at radius 1 is 1.23 bits per heavy atom. The first-order valence-corrected chi connectivity index (χ1v) is 14.5. The highest BCUT2D eigenvalue weighted by atomic mass is 32.2. The lowest BCUT2D eigenvalue weighted by atomic mass is 9.78. The number of carbonyl (C=O) groups is 2. The molecule has 1 amide bonds. The van der Waals surface area contributed by atoms with Crippen molar-refractivity contribution in [3.63, 3.8) is 0 Å². The SMILES string of the molecule is C[C@@H](O)[C@H]1C(=O)N2C(C(=O)O)=C(CN3Cc4cccc5c(CCn6cc[n+](C)c6)ccc(c45)S3(=O)=O)[C@H](C)[C@H]12. The number of benzene rings is 2. The normalized spacial score (nSPS) is 24.7. The Morgan fingerprint density at radius 2 is 2.00 bits per heavy atom. The van der Waals surface area contributed by atoms with Crippen LogP contribution in [0.3, 0.4) is 0 Å². The van der Waals surface area contributed by atoms with Gasteiger partial charge in [0.1, 0.15) is 18.1 Å². The number of aromatic nitrogens is 2. The molecule has 0 aliphatic carbocycles. The number of carboxylic acid groups (broad SMARTS) is 1. The number of sulfonamides is 1. The molecule has 0 radical (unpaired) electrons. The standard InChI is InChI=1S/C28H30N4O6S/c1-16-21(26(28(35)36)32-25(16)23(17(2)33)27(32)34)14-31-13-19-5-4-6-20-18(9-10-30-12-11-29(3)15-30)7-8-22(24(19)20)39(31,37)38/h4-8,11-12,15-17,23,25,33H,9-10,13-14H2,1-3H3/p+1/t16-,17+,23+,25+/m0/s1. The van der Waals surface area contributed by atoms with Crippen LogP contribution >= 0.6 is 0 Å². The molecule has 11 heteroatoms. The van der Waals surface area contributed by atoms with Crippen molar-refractivity contribution in [2.45, 2.75) is 50.4 Å². The second kappa shape index (κ2) is 9.00. The van der Waals surface area contributed by atoms with Gasteiger partial charge in [-0.15, -0.1) is 0 Å². The summed E-state index contributed by atoms with van der Waals surface area (Å²) in [7, 11) is -1.98. The Balaban J connectivity index is 1.34. The van der Waals surface area contributed by atoms with Gasteiger partial charge in [0.15, 0.2) is 0 Å². The summed E-state index contributed by atoms with van der Waals surface area (Å²) in [5, 5.41) is 21.7. The number of β-lactam (4-membered cyclic amide) rings is 1. The van der Waals surface area contributed by atoms with Crippen molar-refractivity contribution in [1.29, 1.82) is 0 Å². The van der Waals surface area contributed by atoms with Crippen molar-refractivity contribution in [2.75, 3.05) is 6.54 Å². The number of fused-ring (bicyclic) bond motifs is 1. The van der Waals surface area contributed by atoms with Gasteiger partial charge in [0.25, 0.3) is 0 Å². The van der Waals surface area contributed by atoms with E-state index in [4.69, 9.17) is 0 Å². The molecule has 6 rings (SSSR count). The molecule has 1 fully saturated rings. The van der Waals surface area contributed by atoms with E-state index in [1.54, 1.807) is 13.0 Å². The maximum Gasteiger partial charge on any atom is 0.352 e. The molecule has 3 aromatic rings. The number of amides is 1. The molecule has 1 saturated heterocycles. The number of aliphatic carboxylic acids is 1. The van der Waals surface area contributed by atoms with Crippen LogP contribution in [0.15, 0.2) is 65.2 Å². The molecule has 3 aliphatic rings. The number of nitrogens with zero attached hydrogens (tertiary/aromatic N) is 4. The average Bonchev–Trinajstić information content (AvgIpc) is 3.40. The van der Waals surface area contributed by atoms with E-state index in [1.165, 1.54) is 16.1 Å². The van der Waals surface area contributed by atoms with E-state index in [1.807, 2.05) is 54.6 Å². The van der Waals surface area contributed by atoms with Crippen LogP contribution in [0.4, 0.5) is 0 Å². The monoisotopic (exact) mass is 551 g/mol. The van der Waals surface area contributed by atoms with Gasteiger partial charge < -0.3 is 15.1 Å². The molecule has 0 saturated carbocycles. The summed E-state index contributed by atoms with van der Waals surface area (Å²) in [5.41, 5.74) is 2.14. The summed E-state index contributed by atoms with van der Waals surface area (Å²) in [6.45, 7) is 4.04. The summed E-state index contributed by atoms with van der Waals surface area (Å²) >= 11 is 0. The van der Waals surface area contributed by atoms with Crippen LogP contribution < -0.4 is 4.57 Å². The van der Waals surface area contributed by atoms with Crippen LogP contribution in [-0.2, 0) is 46.2 Å². The molecule has 2 aromatic carbocycles. The lowest BCUT2D eigenvalue weighted by molar-refractivity contribution is -0.671. The molecule has 204 valence electrons. The number of carbonyl (C=O) groups excluding carboxylic acids is 1. The molecule has 39 heavy (non-hydrogen) atoms. The highest BCUT2D eigenvalue weighted by Gasteiger charge is 2.60. The van der Waals surface area contributed by atoms with E-state index in [0.29, 0.717) is 11.0 Å². The van der Waals surface area contributed by atoms with E-state index < -0.39 is 45.9 Å². The summed E-state index contributed by atoms with van der Waals surface area (Å²) in [4.78, 5) is 26.4. The third kappa shape index (κ3) is 3.82. The summed E-state index contributed by atoms with van der Waals surface area (Å²) < 4.78 is 33.2. The quantitative estimate of drug-likeness (QED) is 0.338. The zero-order valence-corrected chi connectivity index (χ0v) is 22.8. The van der Waals surface area contributed by atoms with Gasteiger partial charge in [-0.3, -0.25) is 4.79 Å². The molecule has 0 unspecified atom stereocenters. The number of imidazole rings is 1. The molecule has 4 heterocycles. The van der Waals surface area contributed by atoms with Crippen molar-refractivity contribution in [3.8, 4) is 0 Å². The summed E-state index contributed by atoms with van der Waals surface area (Å²) in [6, 6.07) is 8.82. The van der Waals surface area contributed by atoms with Crippen LogP contribution in [0.2, 0.25) is 0 Å². The average molecular weight is 552 g/mol. The number of aryl methyl sites for hydroxylation is 3. The predicted molar refractivity (Wildman–Crippen MR) is 140 cm³/mol. The number of carboxylic acids is 1. The first-order valence-electron chi connectivity index (χ1n) is 13.0. The van der Waals surface area contributed by atoms with E-state index >= 15 is 0 Å². The molecular weight excluding hydrogens is 520 g/mol. The first-order chi connectivity index (χ1) is 18.5. The number of hydrogen-bond acceptors (Lipinski definition) is 5. The Hall–Kier alpha value is -3.54. The number of hydrogen-bond donors (Lipinski definition) is 2. The lowest BCUT2D eigenvalue weighted by Gasteiger charge is -2.46. The Labute approximate surface area is 226 Å². The van der Waals surface area contributed by atoms with E-state index in [-0.39, 0.29) is 23.7 Å². The number of aliphatic hydroxyl groups is 1. The van der Waals surface area contributed by atoms with Gasteiger partial charge >= 0.3 is 5.97 Å². The van der Waals surface area contributed by atoms with Gasteiger partial charge in [-0.2, -0.15) is 4.31 Å². The minimum Gasteiger partial charge on any atom is -0.477 e. The Morgan fingerprint density at radius 3 is 2.67 bits per heavy atom. The maximum absolute atomic E-state index is 13.9. The fourth-order valence-corrected chi connectivity index (χ4v) is 8.19. The lowest BCUT2D eigenvalue weighted by Crippen LogP contribution is -2.63. The van der Waals surface area contributed by atoms with Gasteiger partial charge in [-0.1, -0.05) is 31.2 Å². The predicted octanol–water partition coefficient (Wildman–Crippen LogP) is 1.41. The van der Waals surface area contributed by atoms with Crippen LogP contribution in [-0.4, -0.2) is 63.0 Å². The minimum atomic E-state index is -3.94. The number of rotatable bonds is 7. The van der Waals surface area contributed by atoms with E-state index in [0.717, 1.165) is 29.5 Å². The molecule has 4 atom stereocenters. The zero-order chi connectivity index (χ0) is 27.8. The van der Waals surface area contributed by atoms with Gasteiger partial charge in [0.05, 0.1) is 36.6 Å². The topological polar surface area (TPSA) is 124 Å². The van der Waals surface area contributed by atoms with Crippen molar-refractivity contribution >= 4 is 32.7 Å². The van der Waals surface area contributed by atoms with Gasteiger partial charge in [-0.25, -0.2) is 22.3 Å². The van der Waals surface area contributed by atoms with Crippen molar-refractivity contribution in [3.05, 3.63) is 71.4 Å². The van der Waals surface area contributed by atoms with Gasteiger partial charge in [-0.05, 0) is 35.1 Å². The van der Waals surface area contributed by atoms with Crippen LogP contribution in [0.25, 0.3) is 10.8 Å². The molecule has 1 aromatic heterocycles. The molecule has 2 N–H and O–H groups in total. The maximum atomic E-state index is 13.9. The van der Waals surface area contributed by atoms with E-state index in [9.17, 15) is 28.2 Å². The largest absolute Gasteiger partial charge is 0.477 e. The molecule has 0 spiro atoms. The van der Waals surface area contributed by atoms with E-state index in [2.05, 4.69) is 4.57 Å². The number of aliphatic hydroxyl groups excluding tert-OH is 1. The van der Waals surface area contributed by atoms with Crippen LogP contribution in [0, 0.1) is 11.8 Å². The molecule has 3 aliphatic heterocycles. The molecule has 10 nitrogen and oxygen atoms in total. The second-order valence-corrected chi connectivity index (χ2v) is 12.7. The summed E-state index contributed by atoms with van der Waals surface area (Å²) in [6.07, 6.45) is 5.78. The smallest absolute Gasteiger partial charge is 0.352 e. The molecular formula is C28H31N4O6S+. The van der Waals surface area contributed by atoms with Gasteiger partial charge in [0.2, 0.25) is 22.3 Å². The second-order valence-electron chi connectivity index (χ2n) is 10.8. The highest BCUT2D eigenvalue weighted by Crippen LogP contribution is 2.48. The van der Waals surface area contributed by atoms with Crippen LogP contribution in [0.1, 0.15) is 25.0 Å². The Kier molecular flexibility index (Phi) is 5.94. The third-order valence-electron chi connectivity index (χ3n) is 8.47. The summed E-state index contributed by atoms with van der Waals surface area (Å²) in [5.74, 6) is -2.81. The molecule has 0 bridgehead atoms. The first kappa shape index (κ1) is 25.7.